The highest BCUT2D eigenvalue weighted by molar-refractivity contribution is 9.10. The van der Waals surface area contributed by atoms with Gasteiger partial charge in [-0.1, -0.05) is 24.3 Å². The molecule has 0 aliphatic heterocycles. The fraction of sp³-hybridized carbons (Fsp3) is 0.357. The second-order valence-electron chi connectivity index (χ2n) is 5.25. The lowest BCUT2D eigenvalue weighted by atomic mass is 10.0. The highest BCUT2D eigenvalue weighted by Crippen LogP contribution is 2.30. The topological polar surface area (TPSA) is 17.8 Å². The number of rotatable bonds is 1. The van der Waals surface area contributed by atoms with Gasteiger partial charge in [0.05, 0.1) is 11.2 Å². The molecule has 0 unspecified atom stereocenters. The van der Waals surface area contributed by atoms with Crippen molar-refractivity contribution in [1.82, 2.24) is 9.78 Å². The average molecular weight is 293 g/mol. The van der Waals surface area contributed by atoms with Crippen molar-refractivity contribution in [3.8, 4) is 11.3 Å². The predicted octanol–water partition coefficient (Wildman–Crippen LogP) is 4.38. The van der Waals surface area contributed by atoms with Gasteiger partial charge in [-0.05, 0) is 55.3 Å². The van der Waals surface area contributed by atoms with Crippen molar-refractivity contribution >= 4 is 15.9 Å². The molecule has 1 aromatic carbocycles. The first kappa shape index (κ1) is 12.4. The predicted molar refractivity (Wildman–Crippen MR) is 75.1 cm³/mol. The van der Waals surface area contributed by atoms with Crippen LogP contribution in [-0.2, 0) is 5.54 Å². The number of aromatic nitrogens is 2. The van der Waals surface area contributed by atoms with Gasteiger partial charge >= 0.3 is 0 Å². The Morgan fingerprint density at radius 2 is 1.82 bits per heavy atom. The van der Waals surface area contributed by atoms with E-state index in [1.807, 2.05) is 0 Å². The van der Waals surface area contributed by atoms with Crippen LogP contribution in [0.5, 0.6) is 0 Å². The first-order chi connectivity index (χ1) is 7.89. The molecule has 0 bridgehead atoms. The van der Waals surface area contributed by atoms with E-state index in [1.54, 1.807) is 0 Å². The summed E-state index contributed by atoms with van der Waals surface area (Å²) in [6, 6.07) is 10.5. The second-order valence-corrected chi connectivity index (χ2v) is 6.06. The third-order valence-corrected chi connectivity index (χ3v) is 3.12. The summed E-state index contributed by atoms with van der Waals surface area (Å²) >= 11 is 3.47. The van der Waals surface area contributed by atoms with Crippen LogP contribution in [0.15, 0.2) is 34.9 Å². The van der Waals surface area contributed by atoms with E-state index >= 15 is 0 Å². The molecule has 0 atom stereocenters. The fourth-order valence-electron chi connectivity index (χ4n) is 1.92. The van der Waals surface area contributed by atoms with Gasteiger partial charge in [-0.3, -0.25) is 4.68 Å². The lowest BCUT2D eigenvalue weighted by Gasteiger charge is -2.23. The van der Waals surface area contributed by atoms with Crippen LogP contribution in [-0.4, -0.2) is 9.78 Å². The number of benzene rings is 1. The Kier molecular flexibility index (Phi) is 3.13. The second kappa shape index (κ2) is 4.30. The van der Waals surface area contributed by atoms with Gasteiger partial charge in [-0.15, -0.1) is 0 Å². The molecule has 3 heteroatoms. The highest BCUT2D eigenvalue weighted by Gasteiger charge is 2.20. The Labute approximate surface area is 111 Å². The molecule has 1 aromatic heterocycles. The maximum atomic E-state index is 4.53. The standard InChI is InChI=1S/C14H17BrN2/c1-10-7-5-6-8-11(10)12-9-13(15)16-17(12)14(2,3)4/h5-9H,1-4H3. The normalized spacial score (nSPS) is 11.8. The molecule has 0 aliphatic carbocycles. The molecular weight excluding hydrogens is 276 g/mol. The van der Waals surface area contributed by atoms with E-state index < -0.39 is 0 Å². The monoisotopic (exact) mass is 292 g/mol. The Morgan fingerprint density at radius 3 is 2.41 bits per heavy atom. The SMILES string of the molecule is Cc1ccccc1-c1cc(Br)nn1C(C)(C)C. The Bertz CT molecular complexity index is 535. The maximum Gasteiger partial charge on any atom is 0.128 e. The summed E-state index contributed by atoms with van der Waals surface area (Å²) in [7, 11) is 0. The zero-order valence-electron chi connectivity index (χ0n) is 10.7. The van der Waals surface area contributed by atoms with Crippen LogP contribution in [0.3, 0.4) is 0 Å². The molecule has 17 heavy (non-hydrogen) atoms. The zero-order valence-corrected chi connectivity index (χ0v) is 12.2. The largest absolute Gasteiger partial charge is 0.258 e. The van der Waals surface area contributed by atoms with Crippen molar-refractivity contribution in [2.75, 3.05) is 0 Å². The third-order valence-electron chi connectivity index (χ3n) is 2.74. The summed E-state index contributed by atoms with van der Waals surface area (Å²) < 4.78 is 2.95. The van der Waals surface area contributed by atoms with E-state index in [2.05, 4.69) is 83.7 Å². The minimum absolute atomic E-state index is 0.0242. The molecule has 0 saturated carbocycles. The van der Waals surface area contributed by atoms with Crippen LogP contribution in [0, 0.1) is 6.92 Å². The van der Waals surface area contributed by atoms with Crippen LogP contribution in [0.4, 0.5) is 0 Å². The summed E-state index contributed by atoms with van der Waals surface area (Å²) in [5.74, 6) is 0. The molecule has 2 rings (SSSR count). The highest BCUT2D eigenvalue weighted by atomic mass is 79.9. The number of nitrogens with zero attached hydrogens (tertiary/aromatic N) is 2. The third kappa shape index (κ3) is 2.44. The molecule has 90 valence electrons. The molecule has 0 spiro atoms. The van der Waals surface area contributed by atoms with Crippen molar-refractivity contribution in [2.24, 2.45) is 0 Å². The van der Waals surface area contributed by atoms with Crippen LogP contribution >= 0.6 is 15.9 Å². The number of aryl methyl sites for hydroxylation is 1. The van der Waals surface area contributed by atoms with E-state index in [-0.39, 0.29) is 5.54 Å². The Balaban J connectivity index is 2.64. The van der Waals surface area contributed by atoms with Crippen LogP contribution in [0.1, 0.15) is 26.3 Å². The molecule has 0 fully saturated rings. The van der Waals surface area contributed by atoms with E-state index in [0.29, 0.717) is 0 Å². The molecule has 2 aromatic rings. The van der Waals surface area contributed by atoms with E-state index in [1.165, 1.54) is 11.1 Å². The number of hydrogen-bond acceptors (Lipinski definition) is 1. The van der Waals surface area contributed by atoms with Gasteiger partial charge in [-0.25, -0.2) is 0 Å². The lowest BCUT2D eigenvalue weighted by molar-refractivity contribution is 0.358. The summed E-state index contributed by atoms with van der Waals surface area (Å²) in [6.07, 6.45) is 0. The van der Waals surface area contributed by atoms with Crippen molar-refractivity contribution in [3.63, 3.8) is 0 Å². The Morgan fingerprint density at radius 1 is 1.18 bits per heavy atom. The van der Waals surface area contributed by atoms with Gasteiger partial charge in [0.2, 0.25) is 0 Å². The van der Waals surface area contributed by atoms with Crippen LogP contribution in [0.25, 0.3) is 11.3 Å². The molecule has 0 aliphatic rings. The first-order valence-corrected chi connectivity index (χ1v) is 6.51. The molecular formula is C14H17BrN2. The smallest absolute Gasteiger partial charge is 0.128 e. The van der Waals surface area contributed by atoms with Crippen LogP contribution in [0.2, 0.25) is 0 Å². The fourth-order valence-corrected chi connectivity index (χ4v) is 2.29. The summed E-state index contributed by atoms with van der Waals surface area (Å²) in [4.78, 5) is 0. The summed E-state index contributed by atoms with van der Waals surface area (Å²) in [5.41, 5.74) is 3.64. The molecule has 0 saturated heterocycles. The number of hydrogen-bond donors (Lipinski definition) is 0. The average Bonchev–Trinajstić information content (AvgIpc) is 2.60. The molecule has 0 radical (unpaired) electrons. The van der Waals surface area contributed by atoms with E-state index in [0.717, 1.165) is 10.3 Å². The van der Waals surface area contributed by atoms with Crippen molar-refractivity contribution in [2.45, 2.75) is 33.2 Å². The van der Waals surface area contributed by atoms with E-state index in [9.17, 15) is 0 Å². The van der Waals surface area contributed by atoms with Crippen molar-refractivity contribution in [1.29, 1.82) is 0 Å². The summed E-state index contributed by atoms with van der Waals surface area (Å²) in [5, 5.41) is 4.53. The maximum absolute atomic E-state index is 4.53. The minimum atomic E-state index is -0.0242. The van der Waals surface area contributed by atoms with Gasteiger partial charge in [0.15, 0.2) is 0 Å². The summed E-state index contributed by atoms with van der Waals surface area (Å²) in [6.45, 7) is 8.61. The van der Waals surface area contributed by atoms with E-state index in [4.69, 9.17) is 0 Å². The molecule has 1 heterocycles. The van der Waals surface area contributed by atoms with Gasteiger partial charge < -0.3 is 0 Å². The quantitative estimate of drug-likeness (QED) is 0.763. The van der Waals surface area contributed by atoms with Gasteiger partial charge in [0.25, 0.3) is 0 Å². The zero-order chi connectivity index (χ0) is 12.6. The molecule has 2 nitrogen and oxygen atoms in total. The minimum Gasteiger partial charge on any atom is -0.258 e. The van der Waals surface area contributed by atoms with Crippen LogP contribution < -0.4 is 0 Å². The molecule has 0 amide bonds. The van der Waals surface area contributed by atoms with Gasteiger partial charge in [0.1, 0.15) is 4.60 Å². The lowest BCUT2D eigenvalue weighted by Crippen LogP contribution is -2.24. The first-order valence-electron chi connectivity index (χ1n) is 5.71. The number of halogens is 1. The van der Waals surface area contributed by atoms with Gasteiger partial charge in [-0.2, -0.15) is 5.10 Å². The van der Waals surface area contributed by atoms with Crippen molar-refractivity contribution in [3.05, 3.63) is 40.5 Å². The Hall–Kier alpha value is -1.09. The molecule has 0 N–H and O–H groups in total. The van der Waals surface area contributed by atoms with Crippen molar-refractivity contribution < 1.29 is 0 Å². The van der Waals surface area contributed by atoms with Gasteiger partial charge in [0, 0.05) is 5.56 Å².